The molecule has 9 nitrogen and oxygen atoms in total. The summed E-state index contributed by atoms with van der Waals surface area (Å²) < 4.78 is 4.98. The Balaban J connectivity index is 1.83. The third kappa shape index (κ3) is 7.93. The highest BCUT2D eigenvalue weighted by Gasteiger charge is 2.30. The third-order valence-corrected chi connectivity index (χ3v) is 6.22. The zero-order valence-electron chi connectivity index (χ0n) is 22.2. The number of H-pyrrole nitrogens is 1. The number of methoxy groups -OCH3 is 1. The van der Waals surface area contributed by atoms with E-state index in [2.05, 4.69) is 20.9 Å². The van der Waals surface area contributed by atoms with E-state index in [1.807, 2.05) is 68.4 Å². The summed E-state index contributed by atoms with van der Waals surface area (Å²) in [5.41, 5.74) is 2.60. The number of aromatic amines is 1. The predicted octanol–water partition coefficient (Wildman–Crippen LogP) is 2.65. The van der Waals surface area contributed by atoms with Gasteiger partial charge in [0.05, 0.1) is 7.11 Å². The van der Waals surface area contributed by atoms with Crippen molar-refractivity contribution in [2.45, 2.75) is 58.2 Å². The average molecular weight is 521 g/mol. The van der Waals surface area contributed by atoms with E-state index in [-0.39, 0.29) is 24.7 Å². The van der Waals surface area contributed by atoms with Gasteiger partial charge in [-0.25, -0.2) is 4.79 Å². The maximum Gasteiger partial charge on any atom is 0.328 e. The van der Waals surface area contributed by atoms with E-state index in [1.54, 1.807) is 6.20 Å². The van der Waals surface area contributed by atoms with Crippen LogP contribution in [0.1, 0.15) is 38.3 Å². The molecule has 202 valence electrons. The summed E-state index contributed by atoms with van der Waals surface area (Å²) in [5.74, 6) is -1.78. The minimum absolute atomic E-state index is 0.138. The van der Waals surface area contributed by atoms with Gasteiger partial charge >= 0.3 is 5.97 Å². The van der Waals surface area contributed by atoms with Gasteiger partial charge in [0.15, 0.2) is 0 Å². The number of hydrogen-bond donors (Lipinski definition) is 4. The molecule has 2 aromatic carbocycles. The van der Waals surface area contributed by atoms with Gasteiger partial charge in [-0.15, -0.1) is 0 Å². The van der Waals surface area contributed by atoms with E-state index in [0.29, 0.717) is 6.42 Å². The smallest absolute Gasteiger partial charge is 0.328 e. The van der Waals surface area contributed by atoms with Crippen molar-refractivity contribution < 1.29 is 23.9 Å². The van der Waals surface area contributed by atoms with Gasteiger partial charge in [-0.1, -0.05) is 62.4 Å². The molecule has 9 heteroatoms. The van der Waals surface area contributed by atoms with Crippen molar-refractivity contribution in [3.8, 4) is 0 Å². The fourth-order valence-corrected chi connectivity index (χ4v) is 4.41. The normalized spacial score (nSPS) is 13.4. The van der Waals surface area contributed by atoms with Crippen LogP contribution in [0.4, 0.5) is 0 Å². The SMILES string of the molecule is COC(=O)[C@H](Cc1c[nH]c2ccccc12)NC(=O)[C@H](Cc1ccccc1)NC(=O)[C@H](CC(C)C)NC(C)=O. The minimum Gasteiger partial charge on any atom is -0.467 e. The van der Waals surface area contributed by atoms with Crippen LogP contribution < -0.4 is 16.0 Å². The van der Waals surface area contributed by atoms with Crippen LogP contribution in [0.5, 0.6) is 0 Å². The second-order valence-electron chi connectivity index (χ2n) is 9.78. The largest absolute Gasteiger partial charge is 0.467 e. The number of amides is 3. The number of carbonyl (C=O) groups excluding carboxylic acids is 4. The molecule has 1 aromatic heterocycles. The van der Waals surface area contributed by atoms with E-state index >= 15 is 0 Å². The van der Waals surface area contributed by atoms with Crippen molar-refractivity contribution in [1.29, 1.82) is 0 Å². The van der Waals surface area contributed by atoms with Crippen LogP contribution >= 0.6 is 0 Å². The molecule has 0 saturated heterocycles. The molecule has 0 unspecified atom stereocenters. The van der Waals surface area contributed by atoms with Gasteiger partial charge in [-0.3, -0.25) is 14.4 Å². The molecule has 1 heterocycles. The fraction of sp³-hybridized carbons (Fsp3) is 0.379. The zero-order chi connectivity index (χ0) is 27.7. The van der Waals surface area contributed by atoms with Crippen LogP contribution in [-0.4, -0.2) is 53.9 Å². The quantitative estimate of drug-likeness (QED) is 0.273. The lowest BCUT2D eigenvalue weighted by Gasteiger charge is -2.25. The number of carbonyl (C=O) groups is 4. The molecule has 3 amide bonds. The maximum absolute atomic E-state index is 13.5. The summed E-state index contributed by atoms with van der Waals surface area (Å²) in [4.78, 5) is 54.3. The van der Waals surface area contributed by atoms with Crippen molar-refractivity contribution in [2.24, 2.45) is 5.92 Å². The Morgan fingerprint density at radius 3 is 2.11 bits per heavy atom. The molecular formula is C29H36N4O5. The van der Waals surface area contributed by atoms with Gasteiger partial charge < -0.3 is 25.7 Å². The van der Waals surface area contributed by atoms with Gasteiger partial charge in [0.1, 0.15) is 18.1 Å². The molecule has 0 radical (unpaired) electrons. The van der Waals surface area contributed by atoms with E-state index in [0.717, 1.165) is 22.0 Å². The van der Waals surface area contributed by atoms with E-state index in [9.17, 15) is 19.2 Å². The number of hydrogen-bond acceptors (Lipinski definition) is 5. The lowest BCUT2D eigenvalue weighted by molar-refractivity contribution is -0.145. The molecule has 0 aliphatic heterocycles. The number of rotatable bonds is 12. The number of nitrogens with one attached hydrogen (secondary N) is 4. The van der Waals surface area contributed by atoms with Gasteiger partial charge in [0.2, 0.25) is 17.7 Å². The number of fused-ring (bicyclic) bond motifs is 1. The van der Waals surface area contributed by atoms with E-state index < -0.39 is 35.9 Å². The van der Waals surface area contributed by atoms with Crippen molar-refractivity contribution in [2.75, 3.05) is 7.11 Å². The first-order valence-electron chi connectivity index (χ1n) is 12.7. The van der Waals surface area contributed by atoms with Crippen LogP contribution in [0.15, 0.2) is 60.8 Å². The van der Waals surface area contributed by atoms with Crippen LogP contribution in [0, 0.1) is 5.92 Å². The Labute approximate surface area is 222 Å². The van der Waals surface area contributed by atoms with Crippen molar-refractivity contribution in [3.63, 3.8) is 0 Å². The zero-order valence-corrected chi connectivity index (χ0v) is 22.2. The molecule has 0 fully saturated rings. The highest BCUT2D eigenvalue weighted by Crippen LogP contribution is 2.19. The minimum atomic E-state index is -0.983. The molecule has 0 aliphatic rings. The average Bonchev–Trinajstić information content (AvgIpc) is 3.29. The Kier molecular flexibility index (Phi) is 10.0. The number of aromatic nitrogens is 1. The summed E-state index contributed by atoms with van der Waals surface area (Å²) in [6, 6.07) is 14.2. The van der Waals surface area contributed by atoms with Crippen molar-refractivity contribution in [3.05, 3.63) is 71.9 Å². The third-order valence-electron chi connectivity index (χ3n) is 6.22. The van der Waals surface area contributed by atoms with Gasteiger partial charge in [0, 0.05) is 36.9 Å². The predicted molar refractivity (Wildman–Crippen MR) is 145 cm³/mol. The molecule has 0 spiro atoms. The Morgan fingerprint density at radius 2 is 1.45 bits per heavy atom. The van der Waals surface area contributed by atoms with E-state index in [4.69, 9.17) is 4.74 Å². The van der Waals surface area contributed by atoms with Gasteiger partial charge in [-0.2, -0.15) is 0 Å². The van der Waals surface area contributed by atoms with Gasteiger partial charge in [0.25, 0.3) is 0 Å². The van der Waals surface area contributed by atoms with Crippen LogP contribution in [0.25, 0.3) is 10.9 Å². The molecule has 0 aliphatic carbocycles. The standard InChI is InChI=1S/C29H36N4O5/c1-18(2)14-24(31-19(3)34)27(35)32-25(15-20-10-6-5-7-11-20)28(36)33-26(29(37)38-4)16-21-17-30-23-13-9-8-12-22(21)23/h5-13,17-18,24-26,30H,14-16H2,1-4H3,(H,31,34)(H,32,35)(H,33,36)/t24-,25-,26-/m0/s1. The fourth-order valence-electron chi connectivity index (χ4n) is 4.41. The maximum atomic E-state index is 13.5. The van der Waals surface area contributed by atoms with Gasteiger partial charge in [-0.05, 0) is 29.5 Å². The van der Waals surface area contributed by atoms with Crippen LogP contribution in [0.3, 0.4) is 0 Å². The highest BCUT2D eigenvalue weighted by atomic mass is 16.5. The second-order valence-corrected chi connectivity index (χ2v) is 9.78. The number of esters is 1. The number of ether oxygens (including phenoxy) is 1. The van der Waals surface area contributed by atoms with Crippen molar-refractivity contribution >= 4 is 34.6 Å². The Bertz CT molecular complexity index is 1250. The number of benzene rings is 2. The van der Waals surface area contributed by atoms with Crippen molar-refractivity contribution in [1.82, 2.24) is 20.9 Å². The Hall–Kier alpha value is -4.14. The number of para-hydroxylation sites is 1. The van der Waals surface area contributed by atoms with Crippen LogP contribution in [0.2, 0.25) is 0 Å². The summed E-state index contributed by atoms with van der Waals surface area (Å²) in [5, 5.41) is 9.21. The molecule has 4 N–H and O–H groups in total. The summed E-state index contributed by atoms with van der Waals surface area (Å²) in [7, 11) is 1.27. The topological polar surface area (TPSA) is 129 Å². The molecular weight excluding hydrogens is 484 g/mol. The molecule has 0 bridgehead atoms. The lowest BCUT2D eigenvalue weighted by Crippen LogP contribution is -2.56. The summed E-state index contributed by atoms with van der Waals surface area (Å²) >= 11 is 0. The van der Waals surface area contributed by atoms with E-state index in [1.165, 1.54) is 14.0 Å². The van der Waals surface area contributed by atoms with Crippen LogP contribution in [-0.2, 0) is 36.8 Å². The first-order chi connectivity index (χ1) is 18.2. The molecule has 3 rings (SSSR count). The second kappa shape index (κ2) is 13.4. The lowest BCUT2D eigenvalue weighted by atomic mass is 10.0. The monoisotopic (exact) mass is 520 g/mol. The first-order valence-corrected chi connectivity index (χ1v) is 12.7. The molecule has 3 atom stereocenters. The molecule has 3 aromatic rings. The Morgan fingerprint density at radius 1 is 0.816 bits per heavy atom. The first kappa shape index (κ1) is 28.4. The summed E-state index contributed by atoms with van der Waals surface area (Å²) in [6.07, 6.45) is 2.63. The molecule has 0 saturated carbocycles. The highest BCUT2D eigenvalue weighted by molar-refractivity contribution is 5.94. The summed E-state index contributed by atoms with van der Waals surface area (Å²) in [6.45, 7) is 5.24. The molecule has 38 heavy (non-hydrogen) atoms.